The fourth-order valence-corrected chi connectivity index (χ4v) is 5.22. The third-order valence-corrected chi connectivity index (χ3v) is 7.66. The molecule has 1 aromatic carbocycles. The van der Waals surface area contributed by atoms with Crippen LogP contribution >= 0.6 is 33.9 Å². The second kappa shape index (κ2) is 8.14. The number of aliphatic carboxylic acids is 1. The Kier molecular flexibility index (Phi) is 6.10. The maximum absolute atomic E-state index is 13.7. The Morgan fingerprint density at radius 3 is 2.60 bits per heavy atom. The average molecular weight is 546 g/mol. The van der Waals surface area contributed by atoms with Gasteiger partial charge in [-0.3, -0.25) is 9.36 Å². The van der Waals surface area contributed by atoms with Crippen molar-refractivity contribution >= 4 is 50.1 Å². The lowest BCUT2D eigenvalue weighted by Crippen LogP contribution is -2.52. The van der Waals surface area contributed by atoms with E-state index < -0.39 is 28.6 Å². The number of hydrogen-bond donors (Lipinski definition) is 1. The molecule has 10 heteroatoms. The van der Waals surface area contributed by atoms with E-state index in [4.69, 9.17) is 4.74 Å². The van der Waals surface area contributed by atoms with E-state index in [0.717, 1.165) is 7.45 Å². The van der Waals surface area contributed by atoms with Crippen LogP contribution in [-0.2, 0) is 23.3 Å². The molecule has 3 rings (SSSR count). The first-order chi connectivity index (χ1) is 14.0. The van der Waals surface area contributed by atoms with Gasteiger partial charge >= 0.3 is 11.7 Å². The fourth-order valence-electron chi connectivity index (χ4n) is 3.28. The van der Waals surface area contributed by atoms with Gasteiger partial charge in [0, 0.05) is 6.54 Å². The summed E-state index contributed by atoms with van der Waals surface area (Å²) in [6, 6.07) is 4.13. The maximum atomic E-state index is 13.7. The Bertz CT molecular complexity index is 1270. The molecule has 30 heavy (non-hydrogen) atoms. The van der Waals surface area contributed by atoms with Crippen LogP contribution in [0.1, 0.15) is 25.0 Å². The number of carboxylic acid groups (broad SMARTS) is 1. The number of hydrogen-bond acceptors (Lipinski definition) is 5. The van der Waals surface area contributed by atoms with Crippen molar-refractivity contribution in [1.82, 2.24) is 9.13 Å². The average Bonchev–Trinajstić information content (AvgIpc) is 2.96. The van der Waals surface area contributed by atoms with E-state index in [1.807, 2.05) is 0 Å². The number of ether oxygens (including phenoxy) is 1. The number of rotatable bonds is 6. The van der Waals surface area contributed by atoms with E-state index >= 15 is 0 Å². The highest BCUT2D eigenvalue weighted by Crippen LogP contribution is 2.30. The summed E-state index contributed by atoms with van der Waals surface area (Å²) in [7, 11) is 1.47. The monoisotopic (exact) mass is 546 g/mol. The minimum Gasteiger partial charge on any atom is -0.496 e. The minimum atomic E-state index is -1.74. The van der Waals surface area contributed by atoms with Crippen molar-refractivity contribution in [3.63, 3.8) is 0 Å². The highest BCUT2D eigenvalue weighted by atomic mass is 127. The number of carbonyl (C=O) groups is 1. The van der Waals surface area contributed by atoms with E-state index in [1.165, 1.54) is 55.1 Å². The number of carboxylic acids is 1. The summed E-state index contributed by atoms with van der Waals surface area (Å²) in [5.74, 6) is -1.24. The van der Waals surface area contributed by atoms with Gasteiger partial charge < -0.3 is 9.84 Å². The lowest BCUT2D eigenvalue weighted by molar-refractivity contribution is -0.146. The molecule has 0 aliphatic rings. The normalized spacial score (nSPS) is 11.8. The molecule has 0 fully saturated rings. The lowest BCUT2D eigenvalue weighted by Gasteiger charge is -2.23. The van der Waals surface area contributed by atoms with Crippen LogP contribution in [0.25, 0.3) is 10.2 Å². The maximum Gasteiger partial charge on any atom is 0.333 e. The standard InChI is InChI=1S/C20H20FIN2O5S/c1-10-14-16(25)24(20(2,3)18(26)27)19(28)23(17(14)30-15(10)22)8-7-11-9-12(21)5-6-13(11)29-4/h5-6,9H,7-8H2,1-4H3,(H,26,27). The Morgan fingerprint density at radius 1 is 1.33 bits per heavy atom. The van der Waals surface area contributed by atoms with Crippen LogP contribution in [0, 0.1) is 15.6 Å². The number of thiophene rings is 1. The highest BCUT2D eigenvalue weighted by molar-refractivity contribution is 14.1. The minimum absolute atomic E-state index is 0.126. The van der Waals surface area contributed by atoms with Gasteiger partial charge in [0.05, 0.1) is 15.4 Å². The first-order valence-corrected chi connectivity index (χ1v) is 10.9. The number of benzene rings is 1. The number of fused-ring (bicyclic) bond motifs is 1. The predicted octanol–water partition coefficient (Wildman–Crippen LogP) is 3.35. The van der Waals surface area contributed by atoms with Gasteiger partial charge in [-0.05, 0) is 79.1 Å². The van der Waals surface area contributed by atoms with Crippen LogP contribution in [0.2, 0.25) is 0 Å². The highest BCUT2D eigenvalue weighted by Gasteiger charge is 2.35. The molecule has 0 bridgehead atoms. The molecular weight excluding hydrogens is 526 g/mol. The lowest BCUT2D eigenvalue weighted by atomic mass is 10.1. The third-order valence-electron chi connectivity index (χ3n) is 5.08. The zero-order chi connectivity index (χ0) is 22.4. The van der Waals surface area contributed by atoms with Crippen molar-refractivity contribution in [3.05, 3.63) is 58.9 Å². The van der Waals surface area contributed by atoms with E-state index in [0.29, 0.717) is 27.1 Å². The van der Waals surface area contributed by atoms with Gasteiger partial charge in [0.2, 0.25) is 0 Å². The number of nitrogens with zero attached hydrogens (tertiary/aromatic N) is 2. The molecule has 7 nitrogen and oxygen atoms in total. The van der Waals surface area contributed by atoms with Crippen molar-refractivity contribution in [2.75, 3.05) is 7.11 Å². The third kappa shape index (κ3) is 3.66. The molecule has 0 amide bonds. The SMILES string of the molecule is COc1ccc(F)cc1CCn1c(=O)n(C(C)(C)C(=O)O)c(=O)c2c(C)c(I)sc21. The Labute approximate surface area is 188 Å². The van der Waals surface area contributed by atoms with Crippen LogP contribution in [0.4, 0.5) is 4.39 Å². The van der Waals surface area contributed by atoms with Crippen molar-refractivity contribution in [3.8, 4) is 5.75 Å². The molecule has 0 saturated carbocycles. The number of aryl methyl sites for hydroxylation is 3. The molecule has 0 aliphatic heterocycles. The molecule has 2 aromatic heterocycles. The van der Waals surface area contributed by atoms with Crippen LogP contribution in [0.3, 0.4) is 0 Å². The molecule has 3 aromatic rings. The Balaban J connectivity index is 2.26. The Morgan fingerprint density at radius 2 is 2.00 bits per heavy atom. The van der Waals surface area contributed by atoms with Gasteiger partial charge in [-0.25, -0.2) is 18.5 Å². The Hall–Kier alpha value is -2.21. The molecule has 160 valence electrons. The van der Waals surface area contributed by atoms with Crippen molar-refractivity contribution < 1.29 is 19.0 Å². The largest absolute Gasteiger partial charge is 0.496 e. The smallest absolute Gasteiger partial charge is 0.333 e. The summed E-state index contributed by atoms with van der Waals surface area (Å²) in [4.78, 5) is 38.7. The van der Waals surface area contributed by atoms with Crippen LogP contribution < -0.4 is 16.0 Å². The van der Waals surface area contributed by atoms with Gasteiger partial charge in [-0.1, -0.05) is 0 Å². The van der Waals surface area contributed by atoms with Gasteiger partial charge in [0.25, 0.3) is 5.56 Å². The van der Waals surface area contributed by atoms with E-state index in [1.54, 1.807) is 6.92 Å². The van der Waals surface area contributed by atoms with Crippen molar-refractivity contribution in [2.45, 2.75) is 39.3 Å². The van der Waals surface area contributed by atoms with E-state index in [-0.39, 0.29) is 13.0 Å². The van der Waals surface area contributed by atoms with Gasteiger partial charge in [0.15, 0.2) is 0 Å². The van der Waals surface area contributed by atoms with Crippen LogP contribution in [0.15, 0.2) is 27.8 Å². The molecular formula is C20H20FIN2O5S. The molecule has 1 N–H and O–H groups in total. The number of aromatic nitrogens is 2. The first-order valence-electron chi connectivity index (χ1n) is 9.01. The number of halogens is 2. The van der Waals surface area contributed by atoms with Gasteiger partial charge in [-0.2, -0.15) is 0 Å². The molecule has 2 heterocycles. The molecule has 0 aliphatic carbocycles. The summed E-state index contributed by atoms with van der Waals surface area (Å²) in [6.07, 6.45) is 0.259. The quantitative estimate of drug-likeness (QED) is 0.480. The van der Waals surface area contributed by atoms with Gasteiger partial charge in [-0.15, -0.1) is 11.3 Å². The zero-order valence-electron chi connectivity index (χ0n) is 16.8. The summed E-state index contributed by atoms with van der Waals surface area (Å²) < 4.78 is 22.0. The molecule has 0 unspecified atom stereocenters. The van der Waals surface area contributed by atoms with Crippen LogP contribution in [-0.4, -0.2) is 27.3 Å². The summed E-state index contributed by atoms with van der Waals surface area (Å²) in [5.41, 5.74) is -1.81. The molecule has 0 saturated heterocycles. The topological polar surface area (TPSA) is 90.5 Å². The van der Waals surface area contributed by atoms with Crippen LogP contribution in [0.5, 0.6) is 5.75 Å². The second-order valence-corrected chi connectivity index (χ2v) is 10.1. The van der Waals surface area contributed by atoms with Gasteiger partial charge in [0.1, 0.15) is 21.9 Å². The van der Waals surface area contributed by atoms with E-state index in [9.17, 15) is 23.9 Å². The fraction of sp³-hybridized carbons (Fsp3) is 0.350. The zero-order valence-corrected chi connectivity index (χ0v) is 19.8. The van der Waals surface area contributed by atoms with E-state index in [2.05, 4.69) is 22.6 Å². The summed E-state index contributed by atoms with van der Waals surface area (Å²) in [5, 5.41) is 9.95. The molecule has 0 radical (unpaired) electrons. The predicted molar refractivity (Wildman–Crippen MR) is 121 cm³/mol. The van der Waals surface area contributed by atoms with Crippen molar-refractivity contribution in [1.29, 1.82) is 0 Å². The first kappa shape index (κ1) is 22.5. The summed E-state index contributed by atoms with van der Waals surface area (Å²) in [6.45, 7) is 4.53. The molecule has 0 atom stereocenters. The summed E-state index contributed by atoms with van der Waals surface area (Å²) >= 11 is 3.39. The van der Waals surface area contributed by atoms with Crippen molar-refractivity contribution in [2.24, 2.45) is 0 Å². The second-order valence-electron chi connectivity index (χ2n) is 7.33. The number of methoxy groups -OCH3 is 1. The molecule has 0 spiro atoms.